The lowest BCUT2D eigenvalue weighted by Gasteiger charge is -2.04. The molecule has 0 aliphatic heterocycles. The molecule has 1 aliphatic rings. The van der Waals surface area contributed by atoms with Gasteiger partial charge in [-0.3, -0.25) is 9.59 Å². The molecule has 1 aliphatic carbocycles. The van der Waals surface area contributed by atoms with E-state index in [1.165, 1.54) is 10.8 Å². The topological polar surface area (TPSA) is 51.1 Å². The molecule has 0 bridgehead atoms. The predicted molar refractivity (Wildman–Crippen MR) is 56.0 cm³/mol. The van der Waals surface area contributed by atoms with E-state index in [0.29, 0.717) is 0 Å². The van der Waals surface area contributed by atoms with Gasteiger partial charge in [-0.15, -0.1) is 0 Å². The third kappa shape index (κ3) is 3.12. The van der Waals surface area contributed by atoms with Gasteiger partial charge in [0.05, 0.1) is 0 Å². The number of ketones is 1. The van der Waals surface area contributed by atoms with Crippen LogP contribution in [-0.4, -0.2) is 28.5 Å². The molecule has 1 aromatic rings. The minimum absolute atomic E-state index is 0.0817. The minimum Gasteiger partial charge on any atom is -0.352 e. The van der Waals surface area contributed by atoms with Crippen LogP contribution in [0.3, 0.4) is 0 Å². The Labute approximate surface area is 101 Å². The molecule has 1 amide bonds. The van der Waals surface area contributed by atoms with Crippen molar-refractivity contribution in [2.24, 2.45) is 0 Å². The Bertz CT molecular complexity index is 475. The summed E-state index contributed by atoms with van der Waals surface area (Å²) < 4.78 is 37.7. The molecule has 0 unspecified atom stereocenters. The average Bonchev–Trinajstić information content (AvgIpc) is 2.93. The third-order valence-corrected chi connectivity index (χ3v) is 2.54. The van der Waals surface area contributed by atoms with Gasteiger partial charge in [-0.25, -0.2) is 0 Å². The Morgan fingerprint density at radius 3 is 2.61 bits per heavy atom. The number of nitrogens with one attached hydrogen (secondary N) is 1. The van der Waals surface area contributed by atoms with Gasteiger partial charge in [-0.05, 0) is 18.9 Å². The summed E-state index contributed by atoms with van der Waals surface area (Å²) in [6.45, 7) is -0.0817. The van der Waals surface area contributed by atoms with Crippen LogP contribution in [0.4, 0.5) is 13.2 Å². The fourth-order valence-corrected chi connectivity index (χ4v) is 1.50. The number of nitrogens with zero attached hydrogens (tertiary/aromatic N) is 1. The van der Waals surface area contributed by atoms with Crippen LogP contribution >= 0.6 is 0 Å². The minimum atomic E-state index is -4.89. The van der Waals surface area contributed by atoms with Crippen LogP contribution in [0.25, 0.3) is 0 Å². The maximum absolute atomic E-state index is 12.1. The Hall–Kier alpha value is -1.79. The van der Waals surface area contributed by atoms with Crippen LogP contribution in [0, 0.1) is 0 Å². The monoisotopic (exact) mass is 260 g/mol. The van der Waals surface area contributed by atoms with Gasteiger partial charge in [0, 0.05) is 24.0 Å². The normalized spacial score (nSPS) is 15.5. The molecule has 4 nitrogen and oxygen atoms in total. The summed E-state index contributed by atoms with van der Waals surface area (Å²) in [7, 11) is 0. The number of aromatic nitrogens is 1. The van der Waals surface area contributed by atoms with Crippen molar-refractivity contribution in [2.75, 3.05) is 0 Å². The number of hydrogen-bond donors (Lipinski definition) is 1. The highest BCUT2D eigenvalue weighted by atomic mass is 19.4. The number of carbonyl (C=O) groups is 2. The summed E-state index contributed by atoms with van der Waals surface area (Å²) in [5.74, 6) is -2.16. The standard InChI is InChI=1S/C11H11F3N2O2/c12-11(13,14)10(18)7-3-4-16(5-7)6-9(17)15-8-1-2-8/h3-5,8H,1-2,6H2,(H,15,17). The summed E-state index contributed by atoms with van der Waals surface area (Å²) in [6, 6.07) is 1.25. The molecule has 1 N–H and O–H groups in total. The lowest BCUT2D eigenvalue weighted by Crippen LogP contribution is -2.29. The second-order valence-corrected chi connectivity index (χ2v) is 4.24. The number of rotatable bonds is 4. The van der Waals surface area contributed by atoms with E-state index in [0.717, 1.165) is 25.1 Å². The molecule has 0 atom stereocenters. The van der Waals surface area contributed by atoms with Gasteiger partial charge >= 0.3 is 6.18 Å². The zero-order valence-electron chi connectivity index (χ0n) is 9.33. The molecule has 1 heterocycles. The first-order chi connectivity index (χ1) is 8.36. The van der Waals surface area contributed by atoms with E-state index < -0.39 is 17.5 Å². The Kier molecular flexibility index (Phi) is 3.14. The highest BCUT2D eigenvalue weighted by Crippen LogP contribution is 2.21. The van der Waals surface area contributed by atoms with Gasteiger partial charge in [-0.2, -0.15) is 13.2 Å². The molecule has 0 saturated heterocycles. The van der Waals surface area contributed by atoms with Crippen molar-refractivity contribution >= 4 is 11.7 Å². The van der Waals surface area contributed by atoms with Crippen molar-refractivity contribution in [3.63, 3.8) is 0 Å². The molecule has 0 spiro atoms. The highest BCUT2D eigenvalue weighted by Gasteiger charge is 2.39. The molecular formula is C11H11F3N2O2. The van der Waals surface area contributed by atoms with Gasteiger partial charge in [0.2, 0.25) is 5.91 Å². The van der Waals surface area contributed by atoms with E-state index in [2.05, 4.69) is 5.32 Å². The molecule has 98 valence electrons. The summed E-state index contributed by atoms with van der Waals surface area (Å²) in [5, 5.41) is 2.70. The Balaban J connectivity index is 1.97. The molecule has 0 aromatic carbocycles. The highest BCUT2D eigenvalue weighted by molar-refractivity contribution is 6.00. The van der Waals surface area contributed by atoms with E-state index in [1.807, 2.05) is 0 Å². The second kappa shape index (κ2) is 4.47. The molecule has 1 saturated carbocycles. The van der Waals surface area contributed by atoms with Gasteiger partial charge in [0.15, 0.2) is 0 Å². The molecule has 0 radical (unpaired) electrons. The fourth-order valence-electron chi connectivity index (χ4n) is 1.50. The zero-order valence-corrected chi connectivity index (χ0v) is 9.33. The van der Waals surface area contributed by atoms with E-state index in [4.69, 9.17) is 0 Å². The zero-order chi connectivity index (χ0) is 13.3. The average molecular weight is 260 g/mol. The van der Waals surface area contributed by atoms with E-state index >= 15 is 0 Å². The fraction of sp³-hybridized carbons (Fsp3) is 0.455. The molecule has 1 aromatic heterocycles. The Morgan fingerprint density at radius 2 is 2.06 bits per heavy atom. The van der Waals surface area contributed by atoms with Crippen molar-refractivity contribution < 1.29 is 22.8 Å². The lowest BCUT2D eigenvalue weighted by molar-refractivity contribution is -0.121. The SMILES string of the molecule is O=C(Cn1ccc(C(=O)C(F)(F)F)c1)NC1CC1. The maximum atomic E-state index is 12.1. The molecule has 7 heteroatoms. The van der Waals surface area contributed by atoms with Crippen molar-refractivity contribution in [3.05, 3.63) is 24.0 Å². The van der Waals surface area contributed by atoms with Crippen LogP contribution in [0.5, 0.6) is 0 Å². The largest absolute Gasteiger partial charge is 0.454 e. The quantitative estimate of drug-likeness (QED) is 0.834. The summed E-state index contributed by atoms with van der Waals surface area (Å²) in [6.07, 6.45) is -0.694. The molecular weight excluding hydrogens is 249 g/mol. The number of Topliss-reactive ketones (excluding diaryl/α,β-unsaturated/α-hetero) is 1. The first-order valence-electron chi connectivity index (χ1n) is 5.43. The van der Waals surface area contributed by atoms with Crippen molar-refractivity contribution in [1.29, 1.82) is 0 Å². The lowest BCUT2D eigenvalue weighted by atomic mass is 10.2. The van der Waals surface area contributed by atoms with Gasteiger partial charge in [0.25, 0.3) is 5.78 Å². The first kappa shape index (κ1) is 12.7. The summed E-state index contributed by atoms with van der Waals surface area (Å²) >= 11 is 0. The predicted octanol–water partition coefficient (Wildman–Crippen LogP) is 1.51. The van der Waals surface area contributed by atoms with E-state index in [1.54, 1.807) is 0 Å². The van der Waals surface area contributed by atoms with Gasteiger partial charge in [-0.1, -0.05) is 0 Å². The van der Waals surface area contributed by atoms with Crippen LogP contribution in [0.1, 0.15) is 23.2 Å². The van der Waals surface area contributed by atoms with Crippen molar-refractivity contribution in [2.45, 2.75) is 31.6 Å². The smallest absolute Gasteiger partial charge is 0.352 e. The van der Waals surface area contributed by atoms with Crippen LogP contribution < -0.4 is 5.32 Å². The van der Waals surface area contributed by atoms with Crippen LogP contribution in [0.2, 0.25) is 0 Å². The maximum Gasteiger partial charge on any atom is 0.454 e. The van der Waals surface area contributed by atoms with E-state index in [9.17, 15) is 22.8 Å². The van der Waals surface area contributed by atoms with Crippen molar-refractivity contribution in [1.82, 2.24) is 9.88 Å². The van der Waals surface area contributed by atoms with Crippen LogP contribution in [0.15, 0.2) is 18.5 Å². The number of halogens is 3. The number of carbonyl (C=O) groups excluding carboxylic acids is 2. The number of hydrogen-bond acceptors (Lipinski definition) is 2. The molecule has 2 rings (SSSR count). The summed E-state index contributed by atoms with van der Waals surface area (Å²) in [5.41, 5.74) is -0.457. The number of amides is 1. The third-order valence-electron chi connectivity index (χ3n) is 2.54. The van der Waals surface area contributed by atoms with Crippen LogP contribution in [-0.2, 0) is 11.3 Å². The molecule has 18 heavy (non-hydrogen) atoms. The second-order valence-electron chi connectivity index (χ2n) is 4.24. The number of alkyl halides is 3. The van der Waals surface area contributed by atoms with E-state index in [-0.39, 0.29) is 18.5 Å². The summed E-state index contributed by atoms with van der Waals surface area (Å²) in [4.78, 5) is 22.3. The molecule has 1 fully saturated rings. The van der Waals surface area contributed by atoms with Crippen molar-refractivity contribution in [3.8, 4) is 0 Å². The first-order valence-corrected chi connectivity index (χ1v) is 5.43. The van der Waals surface area contributed by atoms with Gasteiger partial charge in [0.1, 0.15) is 6.54 Å². The van der Waals surface area contributed by atoms with Gasteiger partial charge < -0.3 is 9.88 Å². The Morgan fingerprint density at radius 1 is 1.39 bits per heavy atom.